The lowest BCUT2D eigenvalue weighted by Crippen LogP contribution is -2.29. The Labute approximate surface area is 866 Å². The second kappa shape index (κ2) is 48.4. The van der Waals surface area contributed by atoms with E-state index in [1.165, 1.54) is 327 Å². The van der Waals surface area contributed by atoms with E-state index in [0.29, 0.717) is 66.7 Å². The molecule has 0 aliphatic heterocycles. The predicted molar refractivity (Wildman–Crippen MR) is 601 cm³/mol. The maximum Gasteiger partial charge on any atom is 0.270 e. The summed E-state index contributed by atoms with van der Waals surface area (Å²) in [5.74, 6) is -0.462. The number of aromatic nitrogens is 4. The maximum absolute atomic E-state index is 14.6. The van der Waals surface area contributed by atoms with Gasteiger partial charge in [0.15, 0.2) is 11.6 Å². The lowest BCUT2D eigenvalue weighted by atomic mass is 9.67. The van der Waals surface area contributed by atoms with E-state index in [1.54, 1.807) is 12.1 Å². The summed E-state index contributed by atoms with van der Waals surface area (Å²) in [6, 6.07) is 72.0. The summed E-state index contributed by atoms with van der Waals surface area (Å²) in [6.45, 7) is 25.5. The first-order valence-corrected chi connectivity index (χ1v) is 58.3. The van der Waals surface area contributed by atoms with Crippen LogP contribution in [0.3, 0.4) is 0 Å². The van der Waals surface area contributed by atoms with Crippen LogP contribution in [0.15, 0.2) is 205 Å². The van der Waals surface area contributed by atoms with Gasteiger partial charge < -0.3 is 0 Å². The summed E-state index contributed by atoms with van der Waals surface area (Å²) in [4.78, 5) is 43.8. The lowest BCUT2D eigenvalue weighted by molar-refractivity contribution is 0.103. The first-order chi connectivity index (χ1) is 70.0. The Kier molecular flexibility index (Phi) is 34.4. The van der Waals surface area contributed by atoms with Crippen molar-refractivity contribution in [1.82, 2.24) is 17.5 Å². The third kappa shape index (κ3) is 20.9. The highest BCUT2D eigenvalue weighted by atomic mass is 32.1. The summed E-state index contributed by atoms with van der Waals surface area (Å²) in [6.07, 6.45) is 59.2. The van der Waals surface area contributed by atoms with Gasteiger partial charge in [-0.3, -0.25) is 9.59 Å². The van der Waals surface area contributed by atoms with Crippen molar-refractivity contribution in [2.24, 2.45) is 0 Å². The molecular formula is C126H132N8O2S6. The van der Waals surface area contributed by atoms with Gasteiger partial charge in [-0.25, -0.2) is 20.2 Å². The minimum absolute atomic E-state index is 0.125. The fourth-order valence-electron chi connectivity index (χ4n) is 23.0. The van der Waals surface area contributed by atoms with Gasteiger partial charge in [0, 0.05) is 76.6 Å². The Morgan fingerprint density at radius 3 is 0.859 bits per heavy atom. The van der Waals surface area contributed by atoms with E-state index in [4.69, 9.17) is 30.6 Å². The molecule has 724 valence electrons. The molecule has 0 unspecified atom stereocenters. The summed E-state index contributed by atoms with van der Waals surface area (Å²) >= 11 is 10.00. The van der Waals surface area contributed by atoms with Crippen LogP contribution in [-0.4, -0.2) is 29.1 Å². The van der Waals surface area contributed by atoms with Crippen LogP contribution in [-0.2, 0) is 36.5 Å². The minimum Gasteiger partial charge on any atom is -0.289 e. The number of hydrogen-bond acceptors (Lipinski definition) is 14. The van der Waals surface area contributed by atoms with Gasteiger partial charge >= 0.3 is 0 Å². The third-order valence-corrected chi connectivity index (χ3v) is 36.9. The number of benzene rings is 8. The van der Waals surface area contributed by atoms with Crippen molar-refractivity contribution >= 4 is 135 Å². The number of ketones is 2. The maximum atomic E-state index is 14.6. The molecule has 14 aromatic rings. The molecule has 4 aliphatic carbocycles. The van der Waals surface area contributed by atoms with Crippen molar-refractivity contribution in [2.75, 3.05) is 0 Å². The van der Waals surface area contributed by atoms with Crippen LogP contribution in [0, 0.1) is 35.8 Å². The molecule has 18 rings (SSSR count). The van der Waals surface area contributed by atoms with E-state index in [2.05, 4.69) is 183 Å². The highest BCUT2D eigenvalue weighted by Gasteiger charge is 2.56. The molecule has 16 heteroatoms. The zero-order chi connectivity index (χ0) is 97.7. The molecule has 0 N–H and O–H groups in total. The van der Waals surface area contributed by atoms with E-state index < -0.39 is 10.8 Å². The normalized spacial score (nSPS) is 14.9. The standard InChI is InChI=1S/C126H132N8O2S6/c1-7-11-15-19-23-27-31-35-39-43-51-85-59-69-91(70-60-85)125(92-71-61-86(62-72-92)52-44-40-36-32-28-24-20-16-12-8-2)103-81-107(99-77-67-89(113-115(99)133-141-131-113)79-101-109(105(83-127)129-5)95-55-47-49-57-97(95)117(101)135)137-119(103)121-111(125)123-124(139-121)112-122(140-123)120-104(82-108(138-120)100-78-68-90(114-116(100)134-142-132-114)80-102-110(106(84-128)130-6)96-56-48-50-58-98(96)118(102)136)126(112,93-73-63-87(64-74-93)53-45-41-37-33-29-25-21-17-13-9-3)94-75-65-88(66-76-94)54-46-42-38-34-30-26-22-18-14-10-4/h47-50,55-82H,7-46,51-54H2,1-4H3/b101-79-,102-80-,109-105-,110-106+. The van der Waals surface area contributed by atoms with Crippen molar-refractivity contribution in [3.8, 4) is 52.5 Å². The first-order valence-electron chi connectivity index (χ1n) is 53.6. The van der Waals surface area contributed by atoms with Crippen molar-refractivity contribution in [3.63, 3.8) is 0 Å². The van der Waals surface area contributed by atoms with Crippen molar-refractivity contribution in [3.05, 3.63) is 328 Å². The van der Waals surface area contributed by atoms with Crippen molar-refractivity contribution in [2.45, 2.75) is 321 Å². The summed E-state index contributed by atoms with van der Waals surface area (Å²) in [5.41, 5.74) is 23.1. The summed E-state index contributed by atoms with van der Waals surface area (Å²) in [5, 5.41) is 20.9. The number of unbranched alkanes of at least 4 members (excludes halogenated alkanes) is 36. The Morgan fingerprint density at radius 2 is 0.585 bits per heavy atom. The Morgan fingerprint density at radius 1 is 0.317 bits per heavy atom. The van der Waals surface area contributed by atoms with E-state index in [9.17, 15) is 20.1 Å². The Bertz CT molecular complexity index is 6550. The van der Waals surface area contributed by atoms with Crippen LogP contribution in [0.1, 0.15) is 394 Å². The van der Waals surface area contributed by atoms with E-state index >= 15 is 0 Å². The molecule has 10 nitrogen and oxygen atoms in total. The van der Waals surface area contributed by atoms with Crippen LogP contribution < -0.4 is 0 Å². The molecule has 0 spiro atoms. The average molecular weight is 1980 g/mol. The molecule has 8 aromatic carbocycles. The van der Waals surface area contributed by atoms with Gasteiger partial charge in [-0.2, -0.15) is 17.5 Å². The second-order valence-electron chi connectivity index (χ2n) is 40.1. The fourth-order valence-corrected chi connectivity index (χ4v) is 30.1. The van der Waals surface area contributed by atoms with Gasteiger partial charge in [-0.05, 0) is 142 Å². The molecule has 0 bridgehead atoms. The number of carbonyl (C=O) groups is 2. The highest BCUT2D eigenvalue weighted by molar-refractivity contribution is 7.35. The van der Waals surface area contributed by atoms with Crippen LogP contribution >= 0.6 is 68.8 Å². The van der Waals surface area contributed by atoms with Gasteiger partial charge in [-0.1, -0.05) is 429 Å². The average Bonchev–Trinajstić information content (AvgIpc) is 1.48. The third-order valence-electron chi connectivity index (χ3n) is 30.6. The zero-order valence-corrected chi connectivity index (χ0v) is 88.3. The Balaban J connectivity index is 0.820. The molecule has 0 saturated carbocycles. The molecule has 142 heavy (non-hydrogen) atoms. The van der Waals surface area contributed by atoms with E-state index in [0.717, 1.165) is 107 Å². The van der Waals surface area contributed by atoms with E-state index in [1.807, 2.05) is 93.9 Å². The van der Waals surface area contributed by atoms with Crippen LogP contribution in [0.2, 0.25) is 0 Å². The van der Waals surface area contributed by atoms with Crippen LogP contribution in [0.25, 0.3) is 105 Å². The van der Waals surface area contributed by atoms with Crippen molar-refractivity contribution < 1.29 is 9.59 Å². The molecule has 6 heterocycles. The molecule has 0 radical (unpaired) electrons. The largest absolute Gasteiger partial charge is 0.289 e. The number of nitrogens with zero attached hydrogens (tertiary/aromatic N) is 8. The van der Waals surface area contributed by atoms with Crippen LogP contribution in [0.5, 0.6) is 0 Å². The lowest BCUT2D eigenvalue weighted by Gasteiger charge is -2.34. The van der Waals surface area contributed by atoms with Gasteiger partial charge in [0.1, 0.15) is 22.1 Å². The zero-order valence-electron chi connectivity index (χ0n) is 83.4. The fraction of sp³-hybridized carbons (Fsp3) is 0.397. The smallest absolute Gasteiger partial charge is 0.270 e. The number of carbonyl (C=O) groups excluding carboxylic acids is 2. The minimum atomic E-state index is -0.832. The molecular weight excluding hydrogens is 1850 g/mol. The molecule has 4 aliphatic rings. The van der Waals surface area contributed by atoms with Gasteiger partial charge in [-0.15, -0.1) is 45.3 Å². The predicted octanol–water partition coefficient (Wildman–Crippen LogP) is 37.9. The summed E-state index contributed by atoms with van der Waals surface area (Å²) < 4.78 is 23.1. The molecule has 0 saturated heterocycles. The summed E-state index contributed by atoms with van der Waals surface area (Å²) in [7, 11) is 0. The van der Waals surface area contributed by atoms with Gasteiger partial charge in [0.25, 0.3) is 11.4 Å². The number of aryl methyl sites for hydroxylation is 4. The number of nitriles is 2. The molecule has 0 fully saturated rings. The van der Waals surface area contributed by atoms with Gasteiger partial charge in [0.05, 0.1) is 88.5 Å². The number of fused-ring (bicyclic) bond motifs is 13. The SMILES string of the molecule is [C-]#[N+]/C(C#N)=C1\C(=C\c2ccc(-c3cc4c(s3)-c3sc5c6c(sc5c3C4(c3ccc(CCCCCCCCCCCC)cc3)c3ccc(CCCCCCCCCCCC)cc3)-c3sc(-c4ccc(/C=C5\C(=O)c7ccccc7\C5=C(\C#N)[N+]#[C-])c5nsnc45)cc3C6(c3ccc(CCCCCCCCCCCC)cc3)c3ccc(CCCCCCCCCCCC)cc3)c3nsnc23)C(=O)c2ccccc21. The van der Waals surface area contributed by atoms with E-state index in [-0.39, 0.29) is 23.0 Å². The molecule has 6 aromatic heterocycles. The van der Waals surface area contributed by atoms with Crippen molar-refractivity contribution in [1.29, 1.82) is 10.5 Å². The number of rotatable bonds is 52. The molecule has 0 amide bonds. The Hall–Kier alpha value is -11.3. The number of thiophene rings is 4. The van der Waals surface area contributed by atoms with Gasteiger partial charge in [0.2, 0.25) is 0 Å². The molecule has 0 atom stereocenters. The number of hydrogen-bond donors (Lipinski definition) is 0. The number of Topliss-reactive ketones (excluding diaryl/α,β-unsaturated/α-hetero) is 2. The number of allylic oxidation sites excluding steroid dienone is 6. The van der Waals surface area contributed by atoms with Crippen LogP contribution in [0.4, 0.5) is 0 Å². The monoisotopic (exact) mass is 1980 g/mol. The highest BCUT2D eigenvalue weighted by Crippen LogP contribution is 2.71. The topological polar surface area (TPSA) is 142 Å². The quantitative estimate of drug-likeness (QED) is 0.0159. The first kappa shape index (κ1) is 101. The second-order valence-corrected chi connectivity index (χ2v) is 45.3.